The molecule has 9 aromatic rings. The highest BCUT2D eigenvalue weighted by Crippen LogP contribution is 2.69. The Bertz CT molecular complexity index is 3050. The molecule has 0 atom stereocenters. The van der Waals surface area contributed by atoms with Gasteiger partial charge in [-0.05, 0) is 167 Å². The molecule has 0 unspecified atom stereocenters. The first-order valence-electron chi connectivity index (χ1n) is 21.4. The Labute approximate surface area is 340 Å². The molecule has 5 aliphatic carbocycles. The van der Waals surface area contributed by atoms with E-state index in [0.29, 0.717) is 0 Å². The number of para-hydroxylation sites is 2. The standard InChI is InChI=1S/C56H44N2/c1-2-12-44(13-3-1)58-54-17-9-7-15-50(54)51-35-47(25-27-55(51)58)57(46-24-20-38-10-4-5-11-40(38)33-46)45-22-18-39(19-23-45)41-21-26-49-48-14-6-8-16-52(48)56(53(49)34-41)42-29-36-28-37(31-42)32-43(56)30-36/h1-27,33-37,42-43H,28-32H2. The van der Waals surface area contributed by atoms with Crippen molar-refractivity contribution in [2.24, 2.45) is 23.7 Å². The molecule has 4 saturated carbocycles. The minimum Gasteiger partial charge on any atom is -0.310 e. The third-order valence-corrected chi connectivity index (χ3v) is 14.9. The van der Waals surface area contributed by atoms with Crippen LogP contribution in [0.4, 0.5) is 17.1 Å². The quantitative estimate of drug-likeness (QED) is 0.170. The average molecular weight is 745 g/mol. The molecule has 2 heteroatoms. The van der Waals surface area contributed by atoms with Crippen molar-refractivity contribution < 1.29 is 0 Å². The molecule has 1 spiro atoms. The van der Waals surface area contributed by atoms with Crippen LogP contribution in [-0.4, -0.2) is 4.57 Å². The van der Waals surface area contributed by atoms with Crippen molar-refractivity contribution >= 4 is 49.6 Å². The van der Waals surface area contributed by atoms with Gasteiger partial charge in [0.2, 0.25) is 0 Å². The number of fused-ring (bicyclic) bond motifs is 7. The molecule has 0 aliphatic heterocycles. The molecular weight excluding hydrogens is 701 g/mol. The molecule has 2 nitrogen and oxygen atoms in total. The molecule has 14 rings (SSSR count). The number of hydrogen-bond donors (Lipinski definition) is 0. The molecule has 4 fully saturated rings. The third kappa shape index (κ3) is 4.60. The fourth-order valence-electron chi connectivity index (χ4n) is 12.9. The summed E-state index contributed by atoms with van der Waals surface area (Å²) < 4.78 is 2.39. The second-order valence-electron chi connectivity index (χ2n) is 17.8. The minimum atomic E-state index is 0.171. The van der Waals surface area contributed by atoms with Gasteiger partial charge in [0.05, 0.1) is 11.0 Å². The average Bonchev–Trinajstić information content (AvgIpc) is 3.76. The van der Waals surface area contributed by atoms with Crippen LogP contribution in [0.25, 0.3) is 60.5 Å². The molecule has 0 amide bonds. The van der Waals surface area contributed by atoms with E-state index in [1.165, 1.54) is 92.6 Å². The smallest absolute Gasteiger partial charge is 0.0542 e. The lowest BCUT2D eigenvalue weighted by molar-refractivity contribution is -0.0399. The van der Waals surface area contributed by atoms with Crippen LogP contribution in [0, 0.1) is 23.7 Å². The second kappa shape index (κ2) is 12.3. The zero-order valence-corrected chi connectivity index (χ0v) is 32.6. The van der Waals surface area contributed by atoms with Gasteiger partial charge in [0.15, 0.2) is 0 Å². The zero-order valence-electron chi connectivity index (χ0n) is 32.6. The van der Waals surface area contributed by atoms with Crippen molar-refractivity contribution in [3.05, 3.63) is 193 Å². The normalized spacial score (nSPS) is 22.6. The van der Waals surface area contributed by atoms with Gasteiger partial charge in [0.1, 0.15) is 0 Å². The fourth-order valence-corrected chi connectivity index (χ4v) is 12.9. The highest BCUT2D eigenvalue weighted by Gasteiger charge is 2.61. The van der Waals surface area contributed by atoms with Crippen LogP contribution >= 0.6 is 0 Å². The van der Waals surface area contributed by atoms with E-state index in [4.69, 9.17) is 0 Å². The van der Waals surface area contributed by atoms with E-state index in [9.17, 15) is 0 Å². The predicted molar refractivity (Wildman–Crippen MR) is 242 cm³/mol. The second-order valence-corrected chi connectivity index (χ2v) is 17.8. The third-order valence-electron chi connectivity index (χ3n) is 14.9. The summed E-state index contributed by atoms with van der Waals surface area (Å²) in [6.45, 7) is 0. The first-order chi connectivity index (χ1) is 28.7. The van der Waals surface area contributed by atoms with Gasteiger partial charge >= 0.3 is 0 Å². The maximum absolute atomic E-state index is 2.62. The summed E-state index contributed by atoms with van der Waals surface area (Å²) in [5.74, 6) is 3.40. The minimum absolute atomic E-state index is 0.171. The molecule has 278 valence electrons. The van der Waals surface area contributed by atoms with Crippen LogP contribution in [0.2, 0.25) is 0 Å². The lowest BCUT2D eigenvalue weighted by atomic mass is 9.43. The largest absolute Gasteiger partial charge is 0.310 e. The van der Waals surface area contributed by atoms with E-state index in [-0.39, 0.29) is 5.41 Å². The molecule has 0 radical (unpaired) electrons. The van der Waals surface area contributed by atoms with E-state index < -0.39 is 0 Å². The Hall–Kier alpha value is -6.38. The van der Waals surface area contributed by atoms with Gasteiger partial charge in [0.25, 0.3) is 0 Å². The van der Waals surface area contributed by atoms with Gasteiger partial charge in [-0.15, -0.1) is 0 Å². The number of anilines is 3. The van der Waals surface area contributed by atoms with Crippen molar-refractivity contribution in [2.75, 3.05) is 4.90 Å². The summed E-state index contributed by atoms with van der Waals surface area (Å²) in [5, 5.41) is 4.99. The van der Waals surface area contributed by atoms with Gasteiger partial charge in [-0.3, -0.25) is 0 Å². The molecule has 5 aliphatic rings. The first-order valence-corrected chi connectivity index (χ1v) is 21.4. The first kappa shape index (κ1) is 32.7. The summed E-state index contributed by atoms with van der Waals surface area (Å²) >= 11 is 0. The summed E-state index contributed by atoms with van der Waals surface area (Å²) in [6, 6.07) is 68.4. The Morgan fingerprint density at radius 1 is 0.414 bits per heavy atom. The van der Waals surface area contributed by atoms with E-state index in [1.807, 2.05) is 0 Å². The lowest BCUT2D eigenvalue weighted by Crippen LogP contribution is -2.55. The molecule has 8 aromatic carbocycles. The van der Waals surface area contributed by atoms with Crippen molar-refractivity contribution in [1.29, 1.82) is 0 Å². The van der Waals surface area contributed by atoms with E-state index in [0.717, 1.165) is 40.7 Å². The maximum atomic E-state index is 2.62. The number of aromatic nitrogens is 1. The molecule has 1 aromatic heterocycles. The van der Waals surface area contributed by atoms with E-state index in [2.05, 4.69) is 191 Å². The van der Waals surface area contributed by atoms with E-state index in [1.54, 1.807) is 11.1 Å². The highest BCUT2D eigenvalue weighted by molar-refractivity contribution is 6.10. The molecule has 58 heavy (non-hydrogen) atoms. The van der Waals surface area contributed by atoms with Crippen LogP contribution < -0.4 is 4.90 Å². The Morgan fingerprint density at radius 2 is 1.03 bits per heavy atom. The molecule has 1 heterocycles. The summed E-state index contributed by atoms with van der Waals surface area (Å²) in [4.78, 5) is 2.44. The monoisotopic (exact) mass is 744 g/mol. The predicted octanol–water partition coefficient (Wildman–Crippen LogP) is 14.8. The fraction of sp³-hybridized carbons (Fsp3) is 0.179. The number of nitrogens with zero attached hydrogens (tertiary/aromatic N) is 2. The van der Waals surface area contributed by atoms with Crippen molar-refractivity contribution in [2.45, 2.75) is 37.5 Å². The van der Waals surface area contributed by atoms with Crippen LogP contribution in [0.3, 0.4) is 0 Å². The highest BCUT2D eigenvalue weighted by atomic mass is 15.1. The van der Waals surface area contributed by atoms with Crippen molar-refractivity contribution in [3.8, 4) is 27.9 Å². The van der Waals surface area contributed by atoms with Crippen molar-refractivity contribution in [1.82, 2.24) is 4.57 Å². The number of rotatable bonds is 5. The van der Waals surface area contributed by atoms with Gasteiger partial charge < -0.3 is 9.47 Å². The van der Waals surface area contributed by atoms with Crippen LogP contribution in [0.5, 0.6) is 0 Å². The summed E-state index contributed by atoms with van der Waals surface area (Å²) in [6.07, 6.45) is 7.10. The van der Waals surface area contributed by atoms with Crippen molar-refractivity contribution in [3.63, 3.8) is 0 Å². The van der Waals surface area contributed by atoms with Gasteiger partial charge in [0, 0.05) is 38.9 Å². The van der Waals surface area contributed by atoms with Crippen LogP contribution in [0.1, 0.15) is 43.2 Å². The van der Waals surface area contributed by atoms with Crippen LogP contribution in [0.15, 0.2) is 182 Å². The van der Waals surface area contributed by atoms with Gasteiger partial charge in [-0.25, -0.2) is 0 Å². The summed E-state index contributed by atoms with van der Waals surface area (Å²) in [7, 11) is 0. The molecule has 4 bridgehead atoms. The number of hydrogen-bond acceptors (Lipinski definition) is 1. The molecule has 0 N–H and O–H groups in total. The SMILES string of the molecule is c1ccc(-n2c3ccccc3c3cc(N(c4ccc(-c5ccc6c(c5)C5(c7ccccc7-6)C6CC7CC(C6)CC5C7)cc4)c4ccc5ccccc5c4)ccc32)cc1. The van der Waals surface area contributed by atoms with Gasteiger partial charge in [-0.1, -0.05) is 115 Å². The Morgan fingerprint density at radius 3 is 1.86 bits per heavy atom. The topological polar surface area (TPSA) is 8.17 Å². The zero-order chi connectivity index (χ0) is 38.0. The lowest BCUT2D eigenvalue weighted by Gasteiger charge is -2.61. The van der Waals surface area contributed by atoms with Gasteiger partial charge in [-0.2, -0.15) is 0 Å². The Kier molecular flexibility index (Phi) is 6.94. The molecular formula is C56H44N2. The molecule has 0 saturated heterocycles. The number of benzene rings is 8. The van der Waals surface area contributed by atoms with E-state index >= 15 is 0 Å². The Balaban J connectivity index is 0.941. The summed E-state index contributed by atoms with van der Waals surface area (Å²) in [5.41, 5.74) is 16.0. The maximum Gasteiger partial charge on any atom is 0.0542 e. The van der Waals surface area contributed by atoms with Crippen LogP contribution in [-0.2, 0) is 5.41 Å².